The SMILES string of the molecule is O=C(O)C1(C(=O)N2CC3CC3C2)CC1. The van der Waals surface area contributed by atoms with Crippen molar-refractivity contribution in [3.05, 3.63) is 0 Å². The van der Waals surface area contributed by atoms with Gasteiger partial charge in [-0.2, -0.15) is 0 Å². The third kappa shape index (κ3) is 0.938. The average molecular weight is 195 g/mol. The largest absolute Gasteiger partial charge is 0.480 e. The van der Waals surface area contributed by atoms with Crippen LogP contribution in [0.4, 0.5) is 0 Å². The summed E-state index contributed by atoms with van der Waals surface area (Å²) in [6, 6.07) is 0. The molecule has 0 aromatic rings. The highest BCUT2D eigenvalue weighted by atomic mass is 16.4. The molecule has 1 saturated heterocycles. The van der Waals surface area contributed by atoms with E-state index in [0.717, 1.165) is 13.1 Å². The van der Waals surface area contributed by atoms with Crippen LogP contribution in [0.3, 0.4) is 0 Å². The standard InChI is InChI=1S/C10H13NO3/c12-8(10(1-2-10)9(13)14)11-4-6-3-7(6)5-11/h6-7H,1-5H2,(H,13,14). The summed E-state index contributed by atoms with van der Waals surface area (Å²) in [6.07, 6.45) is 2.31. The molecule has 2 unspecified atom stereocenters. The van der Waals surface area contributed by atoms with Gasteiger partial charge in [-0.05, 0) is 31.1 Å². The number of amides is 1. The highest BCUT2D eigenvalue weighted by Gasteiger charge is 2.60. The number of hydrogen-bond acceptors (Lipinski definition) is 2. The van der Waals surface area contributed by atoms with E-state index in [1.807, 2.05) is 0 Å². The first-order valence-electron chi connectivity index (χ1n) is 5.16. The quantitative estimate of drug-likeness (QED) is 0.646. The monoisotopic (exact) mass is 195 g/mol. The first-order valence-corrected chi connectivity index (χ1v) is 5.16. The minimum absolute atomic E-state index is 0.128. The third-order valence-corrected chi connectivity index (χ3v) is 3.83. The number of likely N-dealkylation sites (tertiary alicyclic amines) is 1. The second kappa shape index (κ2) is 2.30. The Bertz CT molecular complexity index is 311. The van der Waals surface area contributed by atoms with E-state index < -0.39 is 11.4 Å². The van der Waals surface area contributed by atoms with Crippen molar-refractivity contribution in [3.8, 4) is 0 Å². The third-order valence-electron chi connectivity index (χ3n) is 3.83. The van der Waals surface area contributed by atoms with Crippen molar-refractivity contribution < 1.29 is 14.7 Å². The predicted octanol–water partition coefficient (Wildman–Crippen LogP) is 0.329. The number of carboxylic acids is 1. The van der Waals surface area contributed by atoms with Gasteiger partial charge in [0.25, 0.3) is 0 Å². The van der Waals surface area contributed by atoms with Crippen LogP contribution in [0.5, 0.6) is 0 Å². The number of fused-ring (bicyclic) bond motifs is 1. The summed E-state index contributed by atoms with van der Waals surface area (Å²) in [7, 11) is 0. The van der Waals surface area contributed by atoms with Crippen LogP contribution in [0, 0.1) is 17.3 Å². The molecule has 3 aliphatic rings. The van der Waals surface area contributed by atoms with Gasteiger partial charge in [0.15, 0.2) is 0 Å². The molecule has 0 bridgehead atoms. The van der Waals surface area contributed by atoms with Crippen LogP contribution < -0.4 is 0 Å². The van der Waals surface area contributed by atoms with Crippen molar-refractivity contribution in [1.29, 1.82) is 0 Å². The first kappa shape index (κ1) is 8.26. The Morgan fingerprint density at radius 1 is 1.21 bits per heavy atom. The van der Waals surface area contributed by atoms with E-state index in [4.69, 9.17) is 5.11 Å². The maximum atomic E-state index is 11.9. The number of rotatable bonds is 2. The van der Waals surface area contributed by atoms with Gasteiger partial charge in [0.05, 0.1) is 0 Å². The van der Waals surface area contributed by atoms with Crippen LogP contribution in [0.15, 0.2) is 0 Å². The lowest BCUT2D eigenvalue weighted by atomic mass is 10.1. The number of carbonyl (C=O) groups is 2. The molecule has 0 spiro atoms. The fourth-order valence-corrected chi connectivity index (χ4v) is 2.51. The Morgan fingerprint density at radius 2 is 1.79 bits per heavy atom. The summed E-state index contributed by atoms with van der Waals surface area (Å²) in [4.78, 5) is 24.6. The van der Waals surface area contributed by atoms with Crippen LogP contribution in [0.25, 0.3) is 0 Å². The van der Waals surface area contributed by atoms with Gasteiger partial charge in [-0.15, -0.1) is 0 Å². The van der Waals surface area contributed by atoms with Gasteiger partial charge in [-0.1, -0.05) is 0 Å². The zero-order chi connectivity index (χ0) is 9.92. The van der Waals surface area contributed by atoms with Gasteiger partial charge in [0.1, 0.15) is 5.41 Å². The van der Waals surface area contributed by atoms with Gasteiger partial charge in [-0.25, -0.2) is 0 Å². The fourth-order valence-electron chi connectivity index (χ4n) is 2.51. The second-order valence-electron chi connectivity index (χ2n) is 4.85. The molecule has 0 radical (unpaired) electrons. The topological polar surface area (TPSA) is 57.6 Å². The molecule has 1 heterocycles. The van der Waals surface area contributed by atoms with Crippen molar-refractivity contribution in [2.75, 3.05) is 13.1 Å². The Labute approximate surface area is 81.9 Å². The molecule has 4 heteroatoms. The lowest BCUT2D eigenvalue weighted by Gasteiger charge is -2.21. The van der Waals surface area contributed by atoms with Crippen LogP contribution in [-0.2, 0) is 9.59 Å². The maximum absolute atomic E-state index is 11.9. The molecule has 2 aliphatic carbocycles. The highest BCUT2D eigenvalue weighted by Crippen LogP contribution is 2.51. The van der Waals surface area contributed by atoms with Gasteiger partial charge >= 0.3 is 5.97 Å². The first-order chi connectivity index (χ1) is 6.63. The van der Waals surface area contributed by atoms with Crippen molar-refractivity contribution in [3.63, 3.8) is 0 Å². The number of piperidine rings is 1. The molecule has 0 aromatic heterocycles. The molecule has 2 atom stereocenters. The van der Waals surface area contributed by atoms with E-state index in [2.05, 4.69) is 0 Å². The molecular weight excluding hydrogens is 182 g/mol. The minimum atomic E-state index is -1.02. The number of carbonyl (C=O) groups excluding carboxylic acids is 1. The lowest BCUT2D eigenvalue weighted by molar-refractivity contribution is -0.153. The molecule has 3 fully saturated rings. The predicted molar refractivity (Wildman–Crippen MR) is 47.5 cm³/mol. The van der Waals surface area contributed by atoms with E-state index in [-0.39, 0.29) is 5.91 Å². The summed E-state index contributed by atoms with van der Waals surface area (Å²) >= 11 is 0. The van der Waals surface area contributed by atoms with Crippen molar-refractivity contribution in [2.24, 2.45) is 17.3 Å². The Morgan fingerprint density at radius 3 is 2.21 bits per heavy atom. The minimum Gasteiger partial charge on any atom is -0.480 e. The molecule has 1 amide bonds. The van der Waals surface area contributed by atoms with Crippen molar-refractivity contribution in [2.45, 2.75) is 19.3 Å². The number of aliphatic carboxylic acids is 1. The van der Waals surface area contributed by atoms with Crippen molar-refractivity contribution >= 4 is 11.9 Å². The second-order valence-corrected chi connectivity index (χ2v) is 4.85. The summed E-state index contributed by atoms with van der Waals surface area (Å²) in [5.41, 5.74) is -1.02. The Balaban J connectivity index is 1.73. The fraction of sp³-hybridized carbons (Fsp3) is 0.800. The smallest absolute Gasteiger partial charge is 0.319 e. The molecule has 1 N–H and O–H groups in total. The molecule has 4 nitrogen and oxygen atoms in total. The molecule has 76 valence electrons. The maximum Gasteiger partial charge on any atom is 0.319 e. The van der Waals surface area contributed by atoms with Gasteiger partial charge in [0, 0.05) is 13.1 Å². The number of nitrogens with zero attached hydrogens (tertiary/aromatic N) is 1. The van der Waals surface area contributed by atoms with Crippen LogP contribution in [0.2, 0.25) is 0 Å². The van der Waals surface area contributed by atoms with E-state index >= 15 is 0 Å². The van der Waals surface area contributed by atoms with Crippen LogP contribution >= 0.6 is 0 Å². The molecule has 3 rings (SSSR count). The molecular formula is C10H13NO3. The zero-order valence-electron chi connectivity index (χ0n) is 7.90. The normalized spacial score (nSPS) is 36.4. The molecule has 14 heavy (non-hydrogen) atoms. The Hall–Kier alpha value is -1.06. The average Bonchev–Trinajstić information content (AvgIpc) is 3.04. The lowest BCUT2D eigenvalue weighted by Crippen LogP contribution is -2.40. The zero-order valence-corrected chi connectivity index (χ0v) is 7.90. The summed E-state index contributed by atoms with van der Waals surface area (Å²) in [5, 5.41) is 8.96. The van der Waals surface area contributed by atoms with Crippen LogP contribution in [0.1, 0.15) is 19.3 Å². The highest BCUT2D eigenvalue weighted by molar-refractivity contribution is 6.05. The summed E-state index contributed by atoms with van der Waals surface area (Å²) in [6.45, 7) is 1.61. The molecule has 1 aliphatic heterocycles. The molecule has 0 aromatic carbocycles. The summed E-state index contributed by atoms with van der Waals surface area (Å²) in [5.74, 6) is 0.312. The van der Waals surface area contributed by atoms with Gasteiger partial charge < -0.3 is 10.0 Å². The number of hydrogen-bond donors (Lipinski definition) is 1. The summed E-state index contributed by atoms with van der Waals surface area (Å²) < 4.78 is 0. The van der Waals surface area contributed by atoms with Gasteiger partial charge in [-0.3, -0.25) is 9.59 Å². The van der Waals surface area contributed by atoms with E-state index in [9.17, 15) is 9.59 Å². The van der Waals surface area contributed by atoms with Crippen LogP contribution in [-0.4, -0.2) is 35.0 Å². The Kier molecular flexibility index (Phi) is 1.36. The van der Waals surface area contributed by atoms with E-state index in [0.29, 0.717) is 24.7 Å². The van der Waals surface area contributed by atoms with Crippen molar-refractivity contribution in [1.82, 2.24) is 4.90 Å². The van der Waals surface area contributed by atoms with E-state index in [1.54, 1.807) is 4.90 Å². The number of carboxylic acid groups (broad SMARTS) is 1. The van der Waals surface area contributed by atoms with E-state index in [1.165, 1.54) is 6.42 Å². The van der Waals surface area contributed by atoms with Gasteiger partial charge in [0.2, 0.25) is 5.91 Å². The molecule has 2 saturated carbocycles.